The molecule has 1 aromatic heterocycles. The van der Waals surface area contributed by atoms with E-state index >= 15 is 0 Å². The zero-order chi connectivity index (χ0) is 12.9. The van der Waals surface area contributed by atoms with Gasteiger partial charge in [-0.2, -0.15) is 0 Å². The first-order valence-electron chi connectivity index (χ1n) is 7.05. The van der Waals surface area contributed by atoms with E-state index in [4.69, 9.17) is 0 Å². The highest BCUT2D eigenvalue weighted by Crippen LogP contribution is 2.25. The van der Waals surface area contributed by atoms with E-state index in [0.29, 0.717) is 5.92 Å². The molecule has 1 unspecified atom stereocenters. The molecule has 0 N–H and O–H groups in total. The molecule has 0 spiro atoms. The van der Waals surface area contributed by atoms with Gasteiger partial charge in [-0.05, 0) is 32.6 Å². The maximum Gasteiger partial charge on any atom is 0.0954 e. The molecule has 1 aromatic rings. The molecule has 0 amide bonds. The summed E-state index contributed by atoms with van der Waals surface area (Å²) in [6.45, 7) is 11.3. The van der Waals surface area contributed by atoms with E-state index in [9.17, 15) is 0 Å². The number of imidazole rings is 1. The quantitative estimate of drug-likeness (QED) is 0.627. The summed E-state index contributed by atoms with van der Waals surface area (Å²) in [4.78, 5) is 4.54. The average Bonchev–Trinajstić information content (AvgIpc) is 2.78. The maximum atomic E-state index is 4.54. The molecule has 1 atom stereocenters. The molecule has 0 aliphatic rings. The van der Waals surface area contributed by atoms with E-state index in [1.54, 1.807) is 0 Å². The smallest absolute Gasteiger partial charge is 0.0954 e. The van der Waals surface area contributed by atoms with Crippen LogP contribution in [0.3, 0.4) is 0 Å². The Labute approximate surface area is 106 Å². The van der Waals surface area contributed by atoms with Crippen LogP contribution in [0.25, 0.3) is 0 Å². The molecule has 0 aliphatic heterocycles. The van der Waals surface area contributed by atoms with Crippen molar-refractivity contribution in [2.75, 3.05) is 0 Å². The van der Waals surface area contributed by atoms with Gasteiger partial charge in [0.1, 0.15) is 0 Å². The number of aromatic nitrogens is 2. The summed E-state index contributed by atoms with van der Waals surface area (Å²) in [5.41, 5.74) is 1.43. The van der Waals surface area contributed by atoms with Gasteiger partial charge in [0.2, 0.25) is 0 Å². The second-order valence-electron chi connectivity index (χ2n) is 5.78. The molecule has 0 bridgehead atoms. The van der Waals surface area contributed by atoms with Gasteiger partial charge in [-0.25, -0.2) is 4.98 Å². The minimum absolute atomic E-state index is 0.202. The van der Waals surface area contributed by atoms with Crippen LogP contribution in [0.5, 0.6) is 0 Å². The van der Waals surface area contributed by atoms with Crippen molar-refractivity contribution in [3.63, 3.8) is 0 Å². The van der Waals surface area contributed by atoms with Crippen LogP contribution >= 0.6 is 0 Å². The first-order valence-corrected chi connectivity index (χ1v) is 7.05. The van der Waals surface area contributed by atoms with Crippen LogP contribution in [0.2, 0.25) is 0 Å². The Hall–Kier alpha value is -0.790. The van der Waals surface area contributed by atoms with E-state index in [2.05, 4.69) is 50.4 Å². The van der Waals surface area contributed by atoms with Crippen molar-refractivity contribution in [3.8, 4) is 0 Å². The third-order valence-corrected chi connectivity index (χ3v) is 3.81. The van der Waals surface area contributed by atoms with Gasteiger partial charge in [0, 0.05) is 11.7 Å². The number of nitrogens with zero attached hydrogens (tertiary/aromatic N) is 2. The van der Waals surface area contributed by atoms with Crippen molar-refractivity contribution >= 4 is 0 Å². The van der Waals surface area contributed by atoms with Crippen LogP contribution in [0, 0.1) is 0 Å². The number of hydrogen-bond donors (Lipinski definition) is 0. The van der Waals surface area contributed by atoms with Crippen molar-refractivity contribution in [3.05, 3.63) is 18.2 Å². The molecule has 0 saturated carbocycles. The van der Waals surface area contributed by atoms with Gasteiger partial charge in [0.25, 0.3) is 0 Å². The van der Waals surface area contributed by atoms with Gasteiger partial charge in [0.05, 0.1) is 12.0 Å². The summed E-state index contributed by atoms with van der Waals surface area (Å²) >= 11 is 0. The Morgan fingerprint density at radius 2 is 2.00 bits per heavy atom. The molecule has 0 radical (unpaired) electrons. The van der Waals surface area contributed by atoms with Gasteiger partial charge >= 0.3 is 0 Å². The lowest BCUT2D eigenvalue weighted by Gasteiger charge is -2.26. The first kappa shape index (κ1) is 14.3. The standard InChI is InChI=1S/C15H28N2/c1-6-8-9-10-15(4,5)17-11-14(16-12-17)13(3)7-2/h11-13H,6-10H2,1-5H3. The summed E-state index contributed by atoms with van der Waals surface area (Å²) in [7, 11) is 0. The Bertz CT molecular complexity index is 325. The topological polar surface area (TPSA) is 17.8 Å². The summed E-state index contributed by atoms with van der Waals surface area (Å²) in [6.07, 6.45) is 10.6. The van der Waals surface area contributed by atoms with E-state index < -0.39 is 0 Å². The van der Waals surface area contributed by atoms with Crippen LogP contribution in [-0.2, 0) is 5.54 Å². The summed E-state index contributed by atoms with van der Waals surface area (Å²) in [6, 6.07) is 0. The summed E-state index contributed by atoms with van der Waals surface area (Å²) < 4.78 is 2.30. The van der Waals surface area contributed by atoms with E-state index in [0.717, 1.165) is 6.42 Å². The molecule has 1 heterocycles. The van der Waals surface area contributed by atoms with E-state index in [1.807, 2.05) is 6.33 Å². The number of unbranched alkanes of at least 4 members (excludes halogenated alkanes) is 2. The minimum atomic E-state index is 0.202. The summed E-state index contributed by atoms with van der Waals surface area (Å²) in [5, 5.41) is 0. The molecule has 98 valence electrons. The van der Waals surface area contributed by atoms with Gasteiger partial charge in [-0.1, -0.05) is 40.0 Å². The SMILES string of the molecule is CCCCCC(C)(C)n1cnc(C(C)CC)c1. The first-order chi connectivity index (χ1) is 8.01. The highest BCUT2D eigenvalue weighted by Gasteiger charge is 2.20. The van der Waals surface area contributed by atoms with E-state index in [1.165, 1.54) is 31.4 Å². The van der Waals surface area contributed by atoms with Crippen molar-refractivity contribution < 1.29 is 0 Å². The molecule has 17 heavy (non-hydrogen) atoms. The largest absolute Gasteiger partial charge is 0.332 e. The molecule has 0 saturated heterocycles. The lowest BCUT2D eigenvalue weighted by Crippen LogP contribution is -2.24. The second kappa shape index (κ2) is 6.23. The molecule has 0 aliphatic carbocycles. The maximum absolute atomic E-state index is 4.54. The lowest BCUT2D eigenvalue weighted by atomic mass is 9.96. The fourth-order valence-electron chi connectivity index (χ4n) is 2.07. The van der Waals surface area contributed by atoms with Gasteiger partial charge < -0.3 is 4.57 Å². The average molecular weight is 236 g/mol. The number of hydrogen-bond acceptors (Lipinski definition) is 1. The fourth-order valence-corrected chi connectivity index (χ4v) is 2.07. The second-order valence-corrected chi connectivity index (χ2v) is 5.78. The highest BCUT2D eigenvalue weighted by atomic mass is 15.1. The number of rotatable bonds is 7. The lowest BCUT2D eigenvalue weighted by molar-refractivity contribution is 0.314. The predicted molar refractivity (Wildman–Crippen MR) is 74.4 cm³/mol. The highest BCUT2D eigenvalue weighted by molar-refractivity contribution is 5.05. The third-order valence-electron chi connectivity index (χ3n) is 3.81. The summed E-state index contributed by atoms with van der Waals surface area (Å²) in [5.74, 6) is 0.572. The van der Waals surface area contributed by atoms with Crippen LogP contribution in [0.1, 0.15) is 78.3 Å². The van der Waals surface area contributed by atoms with Crippen LogP contribution in [0.4, 0.5) is 0 Å². The van der Waals surface area contributed by atoms with Crippen LogP contribution in [0.15, 0.2) is 12.5 Å². The molecule has 1 rings (SSSR count). The molecule has 0 aromatic carbocycles. The van der Waals surface area contributed by atoms with Crippen molar-refractivity contribution in [1.82, 2.24) is 9.55 Å². The van der Waals surface area contributed by atoms with Crippen LogP contribution < -0.4 is 0 Å². The fraction of sp³-hybridized carbons (Fsp3) is 0.800. The minimum Gasteiger partial charge on any atom is -0.332 e. The monoisotopic (exact) mass is 236 g/mol. The molecular formula is C15H28N2. The zero-order valence-electron chi connectivity index (χ0n) is 12.2. The van der Waals surface area contributed by atoms with Gasteiger partial charge in [-0.15, -0.1) is 0 Å². The third kappa shape index (κ3) is 3.86. The molecule has 2 nitrogen and oxygen atoms in total. The Morgan fingerprint density at radius 3 is 2.59 bits per heavy atom. The molecule has 0 fully saturated rings. The zero-order valence-corrected chi connectivity index (χ0v) is 12.2. The van der Waals surface area contributed by atoms with Crippen molar-refractivity contribution in [2.45, 2.75) is 78.2 Å². The van der Waals surface area contributed by atoms with Crippen molar-refractivity contribution in [2.24, 2.45) is 0 Å². The molecule has 2 heteroatoms. The normalized spacial score (nSPS) is 13.9. The van der Waals surface area contributed by atoms with Crippen LogP contribution in [-0.4, -0.2) is 9.55 Å². The molecular weight excluding hydrogens is 208 g/mol. The Kier molecular flexibility index (Phi) is 5.23. The predicted octanol–water partition coefficient (Wildman–Crippen LogP) is 4.71. The van der Waals surface area contributed by atoms with E-state index in [-0.39, 0.29) is 5.54 Å². The Balaban J connectivity index is 2.67. The Morgan fingerprint density at radius 1 is 1.29 bits per heavy atom. The van der Waals surface area contributed by atoms with Gasteiger partial charge in [0.15, 0.2) is 0 Å². The van der Waals surface area contributed by atoms with Crippen molar-refractivity contribution in [1.29, 1.82) is 0 Å². The van der Waals surface area contributed by atoms with Gasteiger partial charge in [-0.3, -0.25) is 0 Å².